The van der Waals surface area contributed by atoms with Gasteiger partial charge in [0, 0.05) is 0 Å². The van der Waals surface area contributed by atoms with E-state index in [1.807, 2.05) is 39.0 Å². The summed E-state index contributed by atoms with van der Waals surface area (Å²) < 4.78 is 27.6. The van der Waals surface area contributed by atoms with Gasteiger partial charge in [0.1, 0.15) is 0 Å². The maximum atomic E-state index is 12.6. The number of hydrogen-bond acceptors (Lipinski definition) is 7. The van der Waals surface area contributed by atoms with Crippen molar-refractivity contribution < 1.29 is 18.8 Å². The van der Waals surface area contributed by atoms with Crippen LogP contribution in [0.3, 0.4) is 0 Å². The molecule has 3 atom stereocenters. The molecule has 1 amide bonds. The van der Waals surface area contributed by atoms with Crippen molar-refractivity contribution in [1.82, 2.24) is 19.5 Å². The maximum absolute atomic E-state index is 12.6. The van der Waals surface area contributed by atoms with Crippen molar-refractivity contribution >= 4 is 61.1 Å². The second-order valence-corrected chi connectivity index (χ2v) is 16.4. The van der Waals surface area contributed by atoms with Crippen molar-refractivity contribution in [3.63, 3.8) is 0 Å². The van der Waals surface area contributed by atoms with Crippen LogP contribution in [0.15, 0.2) is 36.7 Å². The van der Waals surface area contributed by atoms with Gasteiger partial charge in [0.2, 0.25) is 0 Å². The first kappa shape index (κ1) is 26.3. The average molecular weight is 585 g/mol. The van der Waals surface area contributed by atoms with Crippen molar-refractivity contribution in [3.8, 4) is 0 Å². The monoisotopic (exact) mass is 585 g/mol. The van der Waals surface area contributed by atoms with Crippen molar-refractivity contribution in [2.45, 2.75) is 44.5 Å². The number of nitrogens with one attached hydrogen (secondary N) is 1. The molecule has 9 nitrogen and oxygen atoms in total. The number of benzene rings is 1. The molecule has 0 spiro atoms. The second-order valence-electron chi connectivity index (χ2n) is 9.90. The summed E-state index contributed by atoms with van der Waals surface area (Å²) in [7, 11) is -2.38. The number of aromatic nitrogens is 4. The van der Waals surface area contributed by atoms with Crippen LogP contribution in [0.1, 0.15) is 33.4 Å². The molecule has 2 aromatic heterocycles. The third-order valence-corrected chi connectivity index (χ3v) is 8.81. The van der Waals surface area contributed by atoms with Crippen molar-refractivity contribution in [2.75, 3.05) is 25.0 Å². The number of carbonyl (C=O) groups is 1. The number of nitrogens with zero attached hydrogens (tertiary/aromatic N) is 4. The molecule has 0 saturated carbocycles. The Morgan fingerprint density at radius 3 is 2.66 bits per heavy atom. The first-order chi connectivity index (χ1) is 16.4. The van der Waals surface area contributed by atoms with E-state index < -0.39 is 25.1 Å². The molecule has 1 saturated heterocycles. The van der Waals surface area contributed by atoms with Crippen LogP contribution >= 0.6 is 18.7 Å². The minimum atomic E-state index is -2.38. The molecule has 188 valence electrons. The van der Waals surface area contributed by atoms with E-state index in [0.717, 1.165) is 0 Å². The number of rotatable bonds is 7. The van der Waals surface area contributed by atoms with Crippen LogP contribution in [0.5, 0.6) is 0 Å². The third-order valence-electron chi connectivity index (χ3n) is 5.23. The first-order valence-electron chi connectivity index (χ1n) is 11.1. The number of amides is 1. The van der Waals surface area contributed by atoms with E-state index in [1.54, 1.807) is 24.2 Å². The minimum absolute atomic E-state index is 0.00258. The van der Waals surface area contributed by atoms with Crippen molar-refractivity contribution in [1.29, 1.82) is 0 Å². The van der Waals surface area contributed by atoms with Gasteiger partial charge in [-0.1, -0.05) is 0 Å². The number of halogens is 1. The van der Waals surface area contributed by atoms with E-state index in [2.05, 4.69) is 32.4 Å². The molecule has 0 bridgehead atoms. The summed E-state index contributed by atoms with van der Waals surface area (Å²) in [6.45, 7) is 8.84. The predicted octanol–water partition coefficient (Wildman–Crippen LogP) is 4.12. The van der Waals surface area contributed by atoms with Crippen LogP contribution in [-0.4, -0.2) is 66.4 Å². The SMILES string of the molecule is CC(C)(C)C(=O)Nc1nc(Cl)nc2c1ncn2[C@H]1C[C@H]([Se]c2ccccc2)[C@@H](OCP(C)(C)=O)O1. The van der Waals surface area contributed by atoms with E-state index in [1.165, 1.54) is 4.46 Å². The van der Waals surface area contributed by atoms with Crippen molar-refractivity contribution in [3.05, 3.63) is 41.9 Å². The Hall–Kier alpha value is -1.80. The molecule has 3 heterocycles. The van der Waals surface area contributed by atoms with Gasteiger partial charge in [-0.05, 0) is 0 Å². The Morgan fingerprint density at radius 1 is 1.29 bits per heavy atom. The molecule has 1 aromatic carbocycles. The Balaban J connectivity index is 1.63. The normalized spacial score (nSPS) is 20.9. The van der Waals surface area contributed by atoms with Gasteiger partial charge in [-0.2, -0.15) is 0 Å². The van der Waals surface area contributed by atoms with Gasteiger partial charge >= 0.3 is 216 Å². The Kier molecular flexibility index (Phi) is 7.72. The zero-order valence-corrected chi connectivity index (χ0v) is 23.6. The molecule has 12 heteroatoms. The number of fused-ring (bicyclic) bond motifs is 1. The molecule has 0 unspecified atom stereocenters. The molecule has 0 radical (unpaired) electrons. The molecular formula is C23H29ClN5O4PSe. The van der Waals surface area contributed by atoms with Gasteiger partial charge in [-0.25, -0.2) is 0 Å². The van der Waals surface area contributed by atoms with E-state index in [9.17, 15) is 9.36 Å². The molecule has 0 aliphatic carbocycles. The standard InChI is InChI=1S/C23H29ClN5O4PSe/c1-23(2,3)21(30)26-18-17-19(28-22(24)27-18)29(12-25-17)16-11-15(35-14-9-7-6-8-10-14)20(33-16)32-13-34(4,5)31/h6-10,12,15-16,20H,11,13H2,1-5H3,(H,26,27,28,30)/t15-,16+,20-/m0/s1. The number of imidazole rings is 1. The summed E-state index contributed by atoms with van der Waals surface area (Å²) in [4.78, 5) is 25.7. The van der Waals surface area contributed by atoms with E-state index in [0.29, 0.717) is 17.6 Å². The Labute approximate surface area is 215 Å². The molecule has 1 aliphatic rings. The van der Waals surface area contributed by atoms with E-state index in [-0.39, 0.29) is 43.1 Å². The summed E-state index contributed by atoms with van der Waals surface area (Å²) in [6, 6.07) is 10.2. The zero-order valence-electron chi connectivity index (χ0n) is 20.3. The van der Waals surface area contributed by atoms with Crippen LogP contribution in [0, 0.1) is 5.41 Å². The second kappa shape index (κ2) is 10.3. The molecule has 3 aromatic rings. The summed E-state index contributed by atoms with van der Waals surface area (Å²) in [6.07, 6.45) is 1.50. The van der Waals surface area contributed by atoms with Gasteiger partial charge in [0.25, 0.3) is 0 Å². The fourth-order valence-electron chi connectivity index (χ4n) is 3.45. The molecule has 1 aliphatic heterocycles. The third kappa shape index (κ3) is 6.50. The van der Waals surface area contributed by atoms with Crippen LogP contribution in [0.4, 0.5) is 5.82 Å². The van der Waals surface area contributed by atoms with E-state index in [4.69, 9.17) is 21.1 Å². The summed E-state index contributed by atoms with van der Waals surface area (Å²) >= 11 is 6.28. The quantitative estimate of drug-likeness (QED) is 0.253. The number of hydrogen-bond donors (Lipinski definition) is 1. The molecule has 1 fully saturated rings. The summed E-state index contributed by atoms with van der Waals surface area (Å²) in [5.74, 6) is 0.0512. The first-order valence-corrected chi connectivity index (χ1v) is 16.2. The van der Waals surface area contributed by atoms with Crippen LogP contribution in [0.25, 0.3) is 11.2 Å². The fourth-order valence-corrected chi connectivity index (χ4v) is 6.59. The number of carbonyl (C=O) groups excluding carboxylic acids is 1. The van der Waals surface area contributed by atoms with Gasteiger partial charge in [0.15, 0.2) is 0 Å². The average Bonchev–Trinajstić information content (AvgIpc) is 3.35. The molecular weight excluding hydrogens is 556 g/mol. The van der Waals surface area contributed by atoms with Crippen molar-refractivity contribution in [2.24, 2.45) is 5.41 Å². The summed E-state index contributed by atoms with van der Waals surface area (Å²) in [5, 5.41) is 2.81. The zero-order chi connectivity index (χ0) is 25.4. The molecule has 35 heavy (non-hydrogen) atoms. The van der Waals surface area contributed by atoms with E-state index >= 15 is 0 Å². The summed E-state index contributed by atoms with van der Waals surface area (Å²) in [5.41, 5.74) is 0.273. The van der Waals surface area contributed by atoms with Gasteiger partial charge in [-0.15, -0.1) is 0 Å². The van der Waals surface area contributed by atoms with Gasteiger partial charge in [-0.3, -0.25) is 0 Å². The number of ether oxygens (including phenoxy) is 2. The number of anilines is 1. The van der Waals surface area contributed by atoms with Gasteiger partial charge in [0.05, 0.1) is 0 Å². The molecule has 4 rings (SSSR count). The predicted molar refractivity (Wildman–Crippen MR) is 138 cm³/mol. The van der Waals surface area contributed by atoms with Crippen LogP contribution < -0.4 is 9.78 Å². The Bertz CT molecular complexity index is 1260. The fraction of sp³-hybridized carbons (Fsp3) is 0.478. The molecule has 1 N–H and O–H groups in total. The Morgan fingerprint density at radius 2 is 2.00 bits per heavy atom. The van der Waals surface area contributed by atoms with Crippen LogP contribution in [-0.2, 0) is 18.8 Å². The van der Waals surface area contributed by atoms with Crippen LogP contribution in [0.2, 0.25) is 10.1 Å². The van der Waals surface area contributed by atoms with Gasteiger partial charge < -0.3 is 0 Å². The topological polar surface area (TPSA) is 108 Å².